The van der Waals surface area contributed by atoms with E-state index in [2.05, 4.69) is 4.74 Å². The van der Waals surface area contributed by atoms with Crippen LogP contribution in [0.15, 0.2) is 24.3 Å². The summed E-state index contributed by atoms with van der Waals surface area (Å²) in [6, 6.07) is 6.57. The first kappa shape index (κ1) is 11.0. The first-order valence-electron chi connectivity index (χ1n) is 4.27. The molecule has 0 radical (unpaired) electrons. The predicted molar refractivity (Wildman–Crippen MR) is 55.0 cm³/mol. The summed E-state index contributed by atoms with van der Waals surface area (Å²) in [5, 5.41) is 7.17. The summed E-state index contributed by atoms with van der Waals surface area (Å²) in [5.74, 6) is 0.0885. The van der Waals surface area contributed by atoms with Gasteiger partial charge in [0.2, 0.25) is 0 Å². The highest BCUT2D eigenvalue weighted by Gasteiger charge is 2.02. The third-order valence-corrected chi connectivity index (χ3v) is 1.75. The Kier molecular flexibility index (Phi) is 3.68. The fraction of sp³-hybridized carbons (Fsp3) is 0.200. The van der Waals surface area contributed by atoms with Gasteiger partial charge in [0, 0.05) is 5.56 Å². The van der Waals surface area contributed by atoms with Gasteiger partial charge in [0.25, 0.3) is 0 Å². The highest BCUT2D eigenvalue weighted by atomic mass is 16.6. The van der Waals surface area contributed by atoms with Gasteiger partial charge in [0.05, 0.1) is 7.11 Å². The number of methoxy groups -OCH3 is 1. The average Bonchev–Trinajstić information content (AvgIpc) is 2.26. The van der Waals surface area contributed by atoms with Crippen LogP contribution in [0, 0.1) is 5.41 Å². The lowest BCUT2D eigenvalue weighted by molar-refractivity contribution is -0.142. The number of hydrogen-bond acceptors (Lipinski definition) is 4. The number of hydrogen-bond donors (Lipinski definition) is 2. The normalized spacial score (nSPS) is 9.40. The zero-order chi connectivity index (χ0) is 11.3. The first-order valence-corrected chi connectivity index (χ1v) is 4.27. The van der Waals surface area contributed by atoms with Crippen molar-refractivity contribution in [3.63, 3.8) is 0 Å². The molecule has 1 rings (SSSR count). The number of esters is 1. The van der Waals surface area contributed by atoms with Crippen molar-refractivity contribution in [1.82, 2.24) is 0 Å². The second kappa shape index (κ2) is 4.99. The van der Waals surface area contributed by atoms with Gasteiger partial charge in [0.1, 0.15) is 11.6 Å². The van der Waals surface area contributed by atoms with Crippen LogP contribution in [0.4, 0.5) is 0 Å². The largest absolute Gasteiger partial charge is 0.482 e. The molecule has 15 heavy (non-hydrogen) atoms. The minimum Gasteiger partial charge on any atom is -0.482 e. The zero-order valence-electron chi connectivity index (χ0n) is 8.32. The van der Waals surface area contributed by atoms with Crippen molar-refractivity contribution in [1.29, 1.82) is 5.41 Å². The van der Waals surface area contributed by atoms with E-state index in [9.17, 15) is 4.79 Å². The fourth-order valence-corrected chi connectivity index (χ4v) is 0.932. The molecule has 5 heteroatoms. The average molecular weight is 208 g/mol. The molecule has 3 N–H and O–H groups in total. The van der Waals surface area contributed by atoms with Gasteiger partial charge in [-0.15, -0.1) is 0 Å². The van der Waals surface area contributed by atoms with E-state index in [-0.39, 0.29) is 12.4 Å². The van der Waals surface area contributed by atoms with Gasteiger partial charge in [-0.1, -0.05) is 0 Å². The molecule has 1 aromatic carbocycles. The lowest BCUT2D eigenvalue weighted by Gasteiger charge is -2.05. The Labute approximate surface area is 87.3 Å². The van der Waals surface area contributed by atoms with Gasteiger partial charge < -0.3 is 15.2 Å². The number of benzene rings is 1. The molecule has 5 nitrogen and oxygen atoms in total. The Bertz CT molecular complexity index is 359. The quantitative estimate of drug-likeness (QED) is 0.429. The molecule has 0 spiro atoms. The minimum absolute atomic E-state index is 0.00508. The molecule has 0 bridgehead atoms. The lowest BCUT2D eigenvalue weighted by Crippen LogP contribution is -2.13. The predicted octanol–water partition coefficient (Wildman–Crippen LogP) is 0.522. The molecule has 0 atom stereocenters. The van der Waals surface area contributed by atoms with Gasteiger partial charge in [-0.2, -0.15) is 0 Å². The van der Waals surface area contributed by atoms with Crippen LogP contribution in [0.25, 0.3) is 0 Å². The van der Waals surface area contributed by atoms with Crippen molar-refractivity contribution in [2.45, 2.75) is 0 Å². The number of amidine groups is 1. The van der Waals surface area contributed by atoms with Crippen LogP contribution >= 0.6 is 0 Å². The fourth-order valence-electron chi connectivity index (χ4n) is 0.932. The van der Waals surface area contributed by atoms with Gasteiger partial charge in [-0.3, -0.25) is 5.41 Å². The molecular formula is C10H12N2O3. The van der Waals surface area contributed by atoms with E-state index in [1.165, 1.54) is 7.11 Å². The number of nitrogen functional groups attached to an aromatic ring is 1. The number of carbonyl (C=O) groups is 1. The van der Waals surface area contributed by atoms with Gasteiger partial charge >= 0.3 is 5.97 Å². The SMILES string of the molecule is COC(=O)COc1ccc(C(=N)N)cc1. The van der Waals surface area contributed by atoms with E-state index in [1.807, 2.05) is 0 Å². The molecule has 0 unspecified atom stereocenters. The molecule has 0 saturated heterocycles. The van der Waals surface area contributed by atoms with Crippen molar-refractivity contribution >= 4 is 11.8 Å². The maximum Gasteiger partial charge on any atom is 0.343 e. The highest BCUT2D eigenvalue weighted by Crippen LogP contribution is 2.11. The maximum absolute atomic E-state index is 10.8. The Balaban J connectivity index is 2.57. The van der Waals surface area contributed by atoms with E-state index in [0.717, 1.165) is 0 Å². The molecule has 80 valence electrons. The monoisotopic (exact) mass is 208 g/mol. The zero-order valence-corrected chi connectivity index (χ0v) is 8.32. The summed E-state index contributed by atoms with van der Waals surface area (Å²) in [4.78, 5) is 10.8. The van der Waals surface area contributed by atoms with Crippen molar-refractivity contribution < 1.29 is 14.3 Å². The summed E-state index contributed by atoms with van der Waals surface area (Å²) in [6.07, 6.45) is 0. The van der Waals surface area contributed by atoms with Crippen molar-refractivity contribution in [2.24, 2.45) is 5.73 Å². The molecule has 0 aliphatic carbocycles. The summed E-state index contributed by atoms with van der Waals surface area (Å²) in [5.41, 5.74) is 5.89. The van der Waals surface area contributed by atoms with Gasteiger partial charge in [-0.25, -0.2) is 4.79 Å². The maximum atomic E-state index is 10.8. The second-order valence-corrected chi connectivity index (χ2v) is 2.80. The molecular weight excluding hydrogens is 196 g/mol. The number of carbonyl (C=O) groups excluding carboxylic acids is 1. The number of ether oxygens (including phenoxy) is 2. The summed E-state index contributed by atoms with van der Waals surface area (Å²) >= 11 is 0. The number of nitrogens with two attached hydrogens (primary N) is 1. The Hall–Kier alpha value is -2.04. The molecule has 1 aromatic rings. The summed E-state index contributed by atoms with van der Waals surface area (Å²) < 4.78 is 9.52. The van der Waals surface area contributed by atoms with Gasteiger partial charge in [0.15, 0.2) is 6.61 Å². The summed E-state index contributed by atoms with van der Waals surface area (Å²) in [6.45, 7) is -0.129. The number of rotatable bonds is 4. The van der Waals surface area contributed by atoms with Crippen LogP contribution in [-0.2, 0) is 9.53 Å². The van der Waals surface area contributed by atoms with Crippen LogP contribution in [0.5, 0.6) is 5.75 Å². The van der Waals surface area contributed by atoms with E-state index >= 15 is 0 Å². The third kappa shape index (κ3) is 3.30. The van der Waals surface area contributed by atoms with Crippen LogP contribution in [0.2, 0.25) is 0 Å². The third-order valence-electron chi connectivity index (χ3n) is 1.75. The second-order valence-electron chi connectivity index (χ2n) is 2.80. The minimum atomic E-state index is -0.439. The Morgan fingerprint density at radius 3 is 2.47 bits per heavy atom. The smallest absolute Gasteiger partial charge is 0.343 e. The van der Waals surface area contributed by atoms with Crippen LogP contribution in [-0.4, -0.2) is 25.5 Å². The number of nitrogens with one attached hydrogen (secondary N) is 1. The topological polar surface area (TPSA) is 85.4 Å². The van der Waals surface area contributed by atoms with Crippen LogP contribution in [0.3, 0.4) is 0 Å². The summed E-state index contributed by atoms with van der Waals surface area (Å²) in [7, 11) is 1.30. The molecule has 0 fully saturated rings. The lowest BCUT2D eigenvalue weighted by atomic mass is 10.2. The van der Waals surface area contributed by atoms with E-state index in [1.54, 1.807) is 24.3 Å². The molecule has 0 heterocycles. The van der Waals surface area contributed by atoms with Crippen LogP contribution < -0.4 is 10.5 Å². The van der Waals surface area contributed by atoms with Crippen LogP contribution in [0.1, 0.15) is 5.56 Å². The van der Waals surface area contributed by atoms with E-state index in [4.69, 9.17) is 15.9 Å². The van der Waals surface area contributed by atoms with E-state index in [0.29, 0.717) is 11.3 Å². The Morgan fingerprint density at radius 1 is 1.40 bits per heavy atom. The van der Waals surface area contributed by atoms with E-state index < -0.39 is 5.97 Å². The van der Waals surface area contributed by atoms with Crippen molar-refractivity contribution in [3.05, 3.63) is 29.8 Å². The Morgan fingerprint density at radius 2 is 2.00 bits per heavy atom. The molecule has 0 amide bonds. The van der Waals surface area contributed by atoms with Gasteiger partial charge in [-0.05, 0) is 24.3 Å². The standard InChI is InChI=1S/C10H12N2O3/c1-14-9(13)6-15-8-4-2-7(3-5-8)10(11)12/h2-5H,6H2,1H3,(H3,11,12). The molecule has 0 aliphatic rings. The molecule has 0 aromatic heterocycles. The van der Waals surface area contributed by atoms with Crippen molar-refractivity contribution in [2.75, 3.05) is 13.7 Å². The molecule has 0 saturated carbocycles. The van der Waals surface area contributed by atoms with Crippen molar-refractivity contribution in [3.8, 4) is 5.75 Å². The first-order chi connectivity index (χ1) is 7.13. The highest BCUT2D eigenvalue weighted by molar-refractivity contribution is 5.94. The molecule has 0 aliphatic heterocycles.